The molecular weight excluding hydrogens is 268 g/mol. The Morgan fingerprint density at radius 2 is 2.00 bits per heavy atom. The predicted octanol–water partition coefficient (Wildman–Crippen LogP) is 3.48. The van der Waals surface area contributed by atoms with Gasteiger partial charge in [-0.25, -0.2) is 0 Å². The summed E-state index contributed by atoms with van der Waals surface area (Å²) in [7, 11) is 0. The van der Waals surface area contributed by atoms with E-state index in [-0.39, 0.29) is 18.0 Å². The molecule has 0 spiro atoms. The van der Waals surface area contributed by atoms with E-state index >= 15 is 0 Å². The lowest BCUT2D eigenvalue weighted by Gasteiger charge is -2.26. The molecule has 1 heterocycles. The highest BCUT2D eigenvalue weighted by molar-refractivity contribution is 7.10. The van der Waals surface area contributed by atoms with Crippen molar-refractivity contribution in [1.29, 1.82) is 0 Å². The Hall–Kier alpha value is -0.870. The molecule has 2 atom stereocenters. The van der Waals surface area contributed by atoms with Crippen molar-refractivity contribution in [3.63, 3.8) is 0 Å². The molecule has 0 radical (unpaired) electrons. The van der Waals surface area contributed by atoms with Gasteiger partial charge >= 0.3 is 0 Å². The third-order valence-corrected chi connectivity index (χ3v) is 5.00. The van der Waals surface area contributed by atoms with Crippen LogP contribution in [0.1, 0.15) is 57.4 Å². The van der Waals surface area contributed by atoms with Crippen LogP contribution in [0.15, 0.2) is 17.5 Å². The summed E-state index contributed by atoms with van der Waals surface area (Å²) >= 11 is 1.75. The zero-order valence-electron chi connectivity index (χ0n) is 12.7. The van der Waals surface area contributed by atoms with Gasteiger partial charge in [-0.05, 0) is 37.1 Å². The van der Waals surface area contributed by atoms with Gasteiger partial charge in [-0.2, -0.15) is 0 Å². The molecule has 20 heavy (non-hydrogen) atoms. The number of amides is 1. The van der Waals surface area contributed by atoms with Gasteiger partial charge in [0, 0.05) is 17.0 Å². The average molecular weight is 294 g/mol. The summed E-state index contributed by atoms with van der Waals surface area (Å²) in [5, 5.41) is 8.75. The van der Waals surface area contributed by atoms with Crippen LogP contribution < -0.4 is 10.6 Å². The van der Waals surface area contributed by atoms with Crippen LogP contribution in [0.5, 0.6) is 0 Å². The van der Waals surface area contributed by atoms with Gasteiger partial charge in [-0.1, -0.05) is 32.8 Å². The van der Waals surface area contributed by atoms with E-state index in [0.29, 0.717) is 12.0 Å². The van der Waals surface area contributed by atoms with Gasteiger partial charge in [-0.3, -0.25) is 10.1 Å². The minimum absolute atomic E-state index is 0.138. The summed E-state index contributed by atoms with van der Waals surface area (Å²) in [5.41, 5.74) is 0. The maximum Gasteiger partial charge on any atom is 0.237 e. The Balaban J connectivity index is 1.90. The first kappa shape index (κ1) is 15.5. The van der Waals surface area contributed by atoms with Crippen LogP contribution in [-0.4, -0.2) is 18.0 Å². The van der Waals surface area contributed by atoms with Crippen molar-refractivity contribution in [3.8, 4) is 0 Å². The van der Waals surface area contributed by atoms with E-state index < -0.39 is 0 Å². The highest BCUT2D eigenvalue weighted by atomic mass is 32.1. The van der Waals surface area contributed by atoms with Gasteiger partial charge in [0.05, 0.1) is 6.04 Å². The van der Waals surface area contributed by atoms with Gasteiger partial charge < -0.3 is 5.32 Å². The fraction of sp³-hybridized carbons (Fsp3) is 0.688. The molecule has 0 saturated heterocycles. The Labute approximate surface area is 126 Å². The summed E-state index contributed by atoms with van der Waals surface area (Å²) in [6, 6.07) is 4.71. The van der Waals surface area contributed by atoms with Crippen LogP contribution in [0.2, 0.25) is 0 Å². The number of nitrogens with one attached hydrogen (secondary N) is 2. The third-order valence-electron chi connectivity index (χ3n) is 4.04. The maximum atomic E-state index is 12.3. The molecule has 1 fully saturated rings. The van der Waals surface area contributed by atoms with E-state index in [2.05, 4.69) is 42.0 Å². The van der Waals surface area contributed by atoms with E-state index in [0.717, 1.165) is 12.8 Å². The molecule has 1 amide bonds. The largest absolute Gasteiger partial charge is 0.352 e. The fourth-order valence-corrected chi connectivity index (χ4v) is 3.77. The second-order valence-corrected chi connectivity index (χ2v) is 7.09. The second-order valence-electron chi connectivity index (χ2n) is 6.12. The lowest BCUT2D eigenvalue weighted by Crippen LogP contribution is -2.47. The molecule has 2 N–H and O–H groups in total. The topological polar surface area (TPSA) is 41.1 Å². The molecule has 0 bridgehead atoms. The first-order valence-electron chi connectivity index (χ1n) is 7.67. The zero-order valence-corrected chi connectivity index (χ0v) is 13.5. The summed E-state index contributed by atoms with van der Waals surface area (Å²) < 4.78 is 0. The van der Waals surface area contributed by atoms with Crippen molar-refractivity contribution in [2.75, 3.05) is 0 Å². The van der Waals surface area contributed by atoms with Crippen LogP contribution in [0.25, 0.3) is 0 Å². The highest BCUT2D eigenvalue weighted by Gasteiger charge is 2.24. The molecule has 1 aliphatic rings. The van der Waals surface area contributed by atoms with Crippen LogP contribution >= 0.6 is 11.3 Å². The van der Waals surface area contributed by atoms with E-state index in [1.807, 2.05) is 6.92 Å². The van der Waals surface area contributed by atoms with Crippen LogP contribution in [0, 0.1) is 5.92 Å². The van der Waals surface area contributed by atoms with Crippen LogP contribution in [-0.2, 0) is 4.79 Å². The molecule has 112 valence electrons. The summed E-state index contributed by atoms with van der Waals surface area (Å²) in [6.07, 6.45) is 4.77. The molecule has 1 aromatic heterocycles. The summed E-state index contributed by atoms with van der Waals surface area (Å²) in [6.45, 7) is 6.35. The summed E-state index contributed by atoms with van der Waals surface area (Å²) in [5.74, 6) is 0.606. The lowest BCUT2D eigenvalue weighted by atomic mass is 10.0. The maximum absolute atomic E-state index is 12.3. The Morgan fingerprint density at radius 3 is 2.55 bits per heavy atom. The Kier molecular flexibility index (Phi) is 5.61. The van der Waals surface area contributed by atoms with Crippen molar-refractivity contribution >= 4 is 17.2 Å². The van der Waals surface area contributed by atoms with Crippen molar-refractivity contribution < 1.29 is 4.79 Å². The quantitative estimate of drug-likeness (QED) is 0.843. The minimum Gasteiger partial charge on any atom is -0.352 e. The standard InChI is InChI=1S/C16H26N2OS/c1-11(2)15(14-9-6-10-20-14)17-12(3)16(19)18-13-7-4-5-8-13/h6,9-13,15,17H,4-5,7-8H2,1-3H3,(H,18,19). The molecule has 3 nitrogen and oxygen atoms in total. The SMILES string of the molecule is CC(NC(c1cccs1)C(C)C)C(=O)NC1CCCC1. The molecular formula is C16H26N2OS. The molecule has 1 aliphatic carbocycles. The van der Waals surface area contributed by atoms with Crippen LogP contribution in [0.3, 0.4) is 0 Å². The van der Waals surface area contributed by atoms with Gasteiger partial charge in [0.1, 0.15) is 0 Å². The number of rotatable bonds is 6. The number of carbonyl (C=O) groups excluding carboxylic acids is 1. The molecule has 1 aromatic rings. The van der Waals surface area contributed by atoms with Gasteiger partial charge in [0.2, 0.25) is 5.91 Å². The molecule has 0 aromatic carbocycles. The number of thiophene rings is 1. The van der Waals surface area contributed by atoms with Crippen LogP contribution in [0.4, 0.5) is 0 Å². The fourth-order valence-electron chi connectivity index (χ4n) is 2.81. The monoisotopic (exact) mass is 294 g/mol. The molecule has 1 saturated carbocycles. The van der Waals surface area contributed by atoms with Gasteiger partial charge in [0.15, 0.2) is 0 Å². The first-order chi connectivity index (χ1) is 9.58. The lowest BCUT2D eigenvalue weighted by molar-refractivity contribution is -0.123. The van der Waals surface area contributed by atoms with Gasteiger partial charge in [0.25, 0.3) is 0 Å². The molecule has 4 heteroatoms. The second kappa shape index (κ2) is 7.23. The van der Waals surface area contributed by atoms with E-state index in [4.69, 9.17) is 0 Å². The van der Waals surface area contributed by atoms with E-state index in [9.17, 15) is 4.79 Å². The number of hydrogen-bond donors (Lipinski definition) is 2. The molecule has 0 aliphatic heterocycles. The van der Waals surface area contributed by atoms with Crippen molar-refractivity contribution in [1.82, 2.24) is 10.6 Å². The summed E-state index contributed by atoms with van der Waals surface area (Å²) in [4.78, 5) is 13.6. The van der Waals surface area contributed by atoms with E-state index in [1.54, 1.807) is 11.3 Å². The zero-order chi connectivity index (χ0) is 14.5. The Bertz CT molecular complexity index is 410. The number of hydrogen-bond acceptors (Lipinski definition) is 3. The third kappa shape index (κ3) is 4.06. The minimum atomic E-state index is -0.148. The predicted molar refractivity (Wildman–Crippen MR) is 84.9 cm³/mol. The smallest absolute Gasteiger partial charge is 0.237 e. The van der Waals surface area contributed by atoms with E-state index in [1.165, 1.54) is 17.7 Å². The normalized spacial score (nSPS) is 19.2. The van der Waals surface area contributed by atoms with Crippen molar-refractivity contribution in [3.05, 3.63) is 22.4 Å². The van der Waals surface area contributed by atoms with Crippen molar-refractivity contribution in [2.24, 2.45) is 5.92 Å². The van der Waals surface area contributed by atoms with Gasteiger partial charge in [-0.15, -0.1) is 11.3 Å². The molecule has 2 unspecified atom stereocenters. The first-order valence-corrected chi connectivity index (χ1v) is 8.55. The number of carbonyl (C=O) groups is 1. The average Bonchev–Trinajstić information content (AvgIpc) is 3.07. The highest BCUT2D eigenvalue weighted by Crippen LogP contribution is 2.26. The Morgan fingerprint density at radius 1 is 1.30 bits per heavy atom. The molecule has 2 rings (SSSR count). The van der Waals surface area contributed by atoms with Crippen molar-refractivity contribution in [2.45, 2.75) is 64.6 Å².